The van der Waals surface area contributed by atoms with Gasteiger partial charge in [0.05, 0.1) is 4.92 Å². The number of nitro benzene ring substituents is 1. The molecule has 0 aliphatic heterocycles. The fourth-order valence-electron chi connectivity index (χ4n) is 2.48. The smallest absolute Gasteiger partial charge is 0.269 e. The van der Waals surface area contributed by atoms with E-state index in [4.69, 9.17) is 0 Å². The molecule has 6 heteroatoms. The maximum absolute atomic E-state index is 12.8. The second-order valence-electron chi connectivity index (χ2n) is 5.86. The average molecular weight is 344 g/mol. The van der Waals surface area contributed by atoms with Crippen LogP contribution in [-0.4, -0.2) is 17.4 Å². The quantitative estimate of drug-likeness (QED) is 0.427. The van der Waals surface area contributed by atoms with E-state index in [1.54, 1.807) is 24.3 Å². The van der Waals surface area contributed by atoms with Gasteiger partial charge >= 0.3 is 0 Å². The van der Waals surface area contributed by atoms with Crippen LogP contribution in [0.5, 0.6) is 0 Å². The second-order valence-corrected chi connectivity index (χ2v) is 5.86. The standard InChI is InChI=1S/C19H21FN2O3/c20-17-9-5-15(6-10-17)3-1-2-4-19(23)21-14-13-16-7-11-18(12-8-16)22(24)25/h5-12H,1-4,13-14H2,(H,21,23). The Bertz CT molecular complexity index is 700. The lowest BCUT2D eigenvalue weighted by Crippen LogP contribution is -2.25. The number of hydrogen-bond acceptors (Lipinski definition) is 3. The molecule has 0 unspecified atom stereocenters. The van der Waals surface area contributed by atoms with E-state index >= 15 is 0 Å². The number of carbonyl (C=O) groups excluding carboxylic acids is 1. The summed E-state index contributed by atoms with van der Waals surface area (Å²) in [6, 6.07) is 12.7. The molecular weight excluding hydrogens is 323 g/mol. The highest BCUT2D eigenvalue weighted by molar-refractivity contribution is 5.75. The Kier molecular flexibility index (Phi) is 7.07. The zero-order chi connectivity index (χ0) is 18.1. The monoisotopic (exact) mass is 344 g/mol. The number of halogens is 1. The minimum Gasteiger partial charge on any atom is -0.356 e. The molecule has 1 amide bonds. The molecule has 2 rings (SSSR count). The number of nitro groups is 1. The number of nitrogens with zero attached hydrogens (tertiary/aromatic N) is 1. The third-order valence-corrected chi connectivity index (χ3v) is 3.92. The molecule has 2 aromatic carbocycles. The number of rotatable bonds is 9. The molecule has 0 spiro atoms. The predicted molar refractivity (Wildman–Crippen MR) is 93.8 cm³/mol. The summed E-state index contributed by atoms with van der Waals surface area (Å²) < 4.78 is 12.8. The van der Waals surface area contributed by atoms with Crippen molar-refractivity contribution in [3.05, 3.63) is 75.6 Å². The highest BCUT2D eigenvalue weighted by Gasteiger charge is 2.05. The van der Waals surface area contributed by atoms with Gasteiger partial charge in [0.2, 0.25) is 5.91 Å². The highest BCUT2D eigenvalue weighted by Crippen LogP contribution is 2.12. The molecular formula is C19H21FN2O3. The van der Waals surface area contributed by atoms with Crippen LogP contribution in [0.2, 0.25) is 0 Å². The molecule has 0 atom stereocenters. The van der Waals surface area contributed by atoms with Crippen molar-refractivity contribution in [2.75, 3.05) is 6.54 Å². The van der Waals surface area contributed by atoms with Crippen LogP contribution >= 0.6 is 0 Å². The van der Waals surface area contributed by atoms with Crippen LogP contribution in [0.25, 0.3) is 0 Å². The zero-order valence-electron chi connectivity index (χ0n) is 13.9. The van der Waals surface area contributed by atoms with E-state index < -0.39 is 4.92 Å². The van der Waals surface area contributed by atoms with Crippen molar-refractivity contribution in [3.63, 3.8) is 0 Å². The Morgan fingerprint density at radius 3 is 2.20 bits per heavy atom. The third-order valence-electron chi connectivity index (χ3n) is 3.92. The second kappa shape index (κ2) is 9.52. The van der Waals surface area contributed by atoms with E-state index in [0.29, 0.717) is 19.4 Å². The van der Waals surface area contributed by atoms with Gasteiger partial charge in [0.15, 0.2) is 0 Å². The fourth-order valence-corrected chi connectivity index (χ4v) is 2.48. The molecule has 0 bridgehead atoms. The van der Waals surface area contributed by atoms with Crippen LogP contribution in [0.1, 0.15) is 30.4 Å². The van der Waals surface area contributed by atoms with Crippen LogP contribution in [0, 0.1) is 15.9 Å². The van der Waals surface area contributed by atoms with Crippen LogP contribution in [-0.2, 0) is 17.6 Å². The number of carbonyl (C=O) groups is 1. The van der Waals surface area contributed by atoms with Gasteiger partial charge in [-0.2, -0.15) is 0 Å². The fraction of sp³-hybridized carbons (Fsp3) is 0.316. The normalized spacial score (nSPS) is 10.4. The average Bonchev–Trinajstić information content (AvgIpc) is 2.61. The van der Waals surface area contributed by atoms with Gasteiger partial charge in [-0.05, 0) is 48.9 Å². The first-order valence-electron chi connectivity index (χ1n) is 8.29. The molecule has 2 aromatic rings. The van der Waals surface area contributed by atoms with E-state index in [0.717, 1.165) is 30.4 Å². The minimum absolute atomic E-state index is 0.000942. The van der Waals surface area contributed by atoms with E-state index in [1.807, 2.05) is 0 Å². The lowest BCUT2D eigenvalue weighted by atomic mass is 10.1. The van der Waals surface area contributed by atoms with E-state index in [9.17, 15) is 19.3 Å². The first-order valence-corrected chi connectivity index (χ1v) is 8.29. The van der Waals surface area contributed by atoms with Crippen LogP contribution in [0.15, 0.2) is 48.5 Å². The van der Waals surface area contributed by atoms with Gasteiger partial charge in [-0.15, -0.1) is 0 Å². The number of unbranched alkanes of at least 4 members (excludes halogenated alkanes) is 1. The summed E-state index contributed by atoms with van der Waals surface area (Å²) in [5.74, 6) is -0.239. The number of nitrogens with one attached hydrogen (secondary N) is 1. The number of aryl methyl sites for hydroxylation is 1. The Morgan fingerprint density at radius 1 is 0.960 bits per heavy atom. The first kappa shape index (κ1) is 18.6. The van der Waals surface area contributed by atoms with E-state index in [1.165, 1.54) is 24.3 Å². The van der Waals surface area contributed by atoms with Crippen molar-refractivity contribution in [3.8, 4) is 0 Å². The Hall–Kier alpha value is -2.76. The molecule has 25 heavy (non-hydrogen) atoms. The number of hydrogen-bond donors (Lipinski definition) is 1. The number of amides is 1. The summed E-state index contributed by atoms with van der Waals surface area (Å²) in [5.41, 5.74) is 2.08. The lowest BCUT2D eigenvalue weighted by Gasteiger charge is -2.06. The zero-order valence-corrected chi connectivity index (χ0v) is 13.9. The SMILES string of the molecule is O=C(CCCCc1ccc(F)cc1)NCCc1ccc([N+](=O)[O-])cc1. The molecule has 0 saturated carbocycles. The van der Waals surface area contributed by atoms with Gasteiger partial charge in [-0.1, -0.05) is 24.3 Å². The number of non-ortho nitro benzene ring substituents is 1. The van der Waals surface area contributed by atoms with Gasteiger partial charge in [0.25, 0.3) is 5.69 Å². The molecule has 0 aliphatic carbocycles. The van der Waals surface area contributed by atoms with Crippen LogP contribution < -0.4 is 5.32 Å². The Balaban J connectivity index is 1.59. The molecule has 0 heterocycles. The first-order chi connectivity index (χ1) is 12.0. The van der Waals surface area contributed by atoms with E-state index in [2.05, 4.69) is 5.32 Å². The lowest BCUT2D eigenvalue weighted by molar-refractivity contribution is -0.384. The number of benzene rings is 2. The van der Waals surface area contributed by atoms with E-state index in [-0.39, 0.29) is 17.4 Å². The summed E-state index contributed by atoms with van der Waals surface area (Å²) in [4.78, 5) is 21.9. The largest absolute Gasteiger partial charge is 0.356 e. The van der Waals surface area contributed by atoms with Gasteiger partial charge < -0.3 is 5.32 Å². The molecule has 0 aromatic heterocycles. The van der Waals surface area contributed by atoms with Gasteiger partial charge in [-0.3, -0.25) is 14.9 Å². The van der Waals surface area contributed by atoms with Crippen LogP contribution in [0.3, 0.4) is 0 Å². The van der Waals surface area contributed by atoms with Crippen molar-refractivity contribution < 1.29 is 14.1 Å². The van der Waals surface area contributed by atoms with Crippen molar-refractivity contribution >= 4 is 11.6 Å². The maximum Gasteiger partial charge on any atom is 0.269 e. The van der Waals surface area contributed by atoms with Crippen molar-refractivity contribution in [2.24, 2.45) is 0 Å². The van der Waals surface area contributed by atoms with Crippen molar-refractivity contribution in [1.82, 2.24) is 5.32 Å². The summed E-state index contributed by atoms with van der Waals surface area (Å²) in [6.45, 7) is 0.509. The Morgan fingerprint density at radius 2 is 1.56 bits per heavy atom. The summed E-state index contributed by atoms with van der Waals surface area (Å²) >= 11 is 0. The topological polar surface area (TPSA) is 72.2 Å². The van der Waals surface area contributed by atoms with Gasteiger partial charge in [-0.25, -0.2) is 4.39 Å². The maximum atomic E-state index is 12.8. The molecule has 0 aliphatic rings. The van der Waals surface area contributed by atoms with Crippen molar-refractivity contribution in [1.29, 1.82) is 0 Å². The highest BCUT2D eigenvalue weighted by atomic mass is 19.1. The molecule has 1 N–H and O–H groups in total. The molecule has 0 radical (unpaired) electrons. The molecule has 0 saturated heterocycles. The molecule has 5 nitrogen and oxygen atoms in total. The summed E-state index contributed by atoms with van der Waals surface area (Å²) in [7, 11) is 0. The van der Waals surface area contributed by atoms with Gasteiger partial charge in [0.1, 0.15) is 5.82 Å². The summed E-state index contributed by atoms with van der Waals surface area (Å²) in [6.07, 6.45) is 3.58. The Labute approximate surface area is 146 Å². The minimum atomic E-state index is -0.433. The third kappa shape index (κ3) is 6.71. The van der Waals surface area contributed by atoms with Crippen molar-refractivity contribution in [2.45, 2.75) is 32.1 Å². The van der Waals surface area contributed by atoms with Gasteiger partial charge in [0, 0.05) is 25.1 Å². The molecule has 0 fully saturated rings. The predicted octanol–water partition coefficient (Wildman–Crippen LogP) is 3.81. The summed E-state index contributed by atoms with van der Waals surface area (Å²) in [5, 5.41) is 13.4. The molecule has 132 valence electrons. The van der Waals surface area contributed by atoms with Crippen LogP contribution in [0.4, 0.5) is 10.1 Å².